The Morgan fingerprint density at radius 1 is 0.838 bits per heavy atom. The number of benzene rings is 2. The Hall–Kier alpha value is -2.74. The van der Waals surface area contributed by atoms with E-state index in [2.05, 4.69) is 52.6 Å². The summed E-state index contributed by atoms with van der Waals surface area (Å²) >= 11 is 1.88. The topological polar surface area (TPSA) is 43.4 Å². The van der Waals surface area contributed by atoms with Crippen molar-refractivity contribution in [2.24, 2.45) is 0 Å². The van der Waals surface area contributed by atoms with Crippen molar-refractivity contribution in [3.05, 3.63) is 69.4 Å². The Kier molecular flexibility index (Phi) is 9.72. The van der Waals surface area contributed by atoms with E-state index >= 15 is 0 Å². The molecule has 3 aromatic rings. The summed E-state index contributed by atoms with van der Waals surface area (Å²) in [5, 5.41) is 2.23. The molecule has 1 aromatic heterocycles. The Bertz CT molecular complexity index is 1150. The SMILES string of the molecule is COc1ccc(CCN(C)CCCCN2CCc3sccc3C2c2ccc(OC)c(OC)c2)cc1OC. The minimum Gasteiger partial charge on any atom is -0.493 e. The molecule has 1 atom stereocenters. The number of unbranched alkanes of at least 4 members (excludes halogenated alkanes) is 1. The van der Waals surface area contributed by atoms with Gasteiger partial charge in [0.25, 0.3) is 0 Å². The molecule has 1 aliphatic heterocycles. The van der Waals surface area contributed by atoms with Gasteiger partial charge in [0.1, 0.15) is 0 Å². The number of thiophene rings is 1. The molecule has 1 aliphatic rings. The first kappa shape index (κ1) is 27.3. The molecule has 0 aliphatic carbocycles. The molecule has 0 amide bonds. The third-order valence-electron chi connectivity index (χ3n) is 7.25. The maximum absolute atomic E-state index is 5.62. The van der Waals surface area contributed by atoms with Crippen LogP contribution in [0.15, 0.2) is 47.8 Å². The summed E-state index contributed by atoms with van der Waals surface area (Å²) in [6.45, 7) is 4.27. The summed E-state index contributed by atoms with van der Waals surface area (Å²) in [5.74, 6) is 3.13. The molecular formula is C30H40N2O4S. The number of methoxy groups -OCH3 is 4. The Morgan fingerprint density at radius 2 is 1.54 bits per heavy atom. The Morgan fingerprint density at radius 3 is 2.27 bits per heavy atom. The van der Waals surface area contributed by atoms with Crippen molar-refractivity contribution in [2.45, 2.75) is 31.7 Å². The predicted molar refractivity (Wildman–Crippen MR) is 151 cm³/mol. The van der Waals surface area contributed by atoms with Crippen molar-refractivity contribution in [3.8, 4) is 23.0 Å². The van der Waals surface area contributed by atoms with E-state index in [9.17, 15) is 0 Å². The Balaban J connectivity index is 1.32. The van der Waals surface area contributed by atoms with E-state index in [0.29, 0.717) is 0 Å². The lowest BCUT2D eigenvalue weighted by molar-refractivity contribution is 0.205. The third kappa shape index (κ3) is 6.58. The normalized spacial score (nSPS) is 15.5. The Labute approximate surface area is 225 Å². The minimum absolute atomic E-state index is 0.262. The number of hydrogen-bond acceptors (Lipinski definition) is 7. The molecule has 2 heterocycles. The van der Waals surface area contributed by atoms with Crippen molar-refractivity contribution in [1.29, 1.82) is 0 Å². The zero-order chi connectivity index (χ0) is 26.2. The molecule has 0 saturated heterocycles. The quantitative estimate of drug-likeness (QED) is 0.268. The van der Waals surface area contributed by atoms with Crippen molar-refractivity contribution < 1.29 is 18.9 Å². The van der Waals surface area contributed by atoms with Gasteiger partial charge in [0.2, 0.25) is 0 Å². The van der Waals surface area contributed by atoms with Crippen molar-refractivity contribution in [3.63, 3.8) is 0 Å². The largest absolute Gasteiger partial charge is 0.493 e. The van der Waals surface area contributed by atoms with Gasteiger partial charge in [0.05, 0.1) is 34.5 Å². The number of fused-ring (bicyclic) bond motifs is 1. The highest BCUT2D eigenvalue weighted by Gasteiger charge is 2.30. The van der Waals surface area contributed by atoms with E-state index in [0.717, 1.165) is 62.0 Å². The molecule has 7 heteroatoms. The van der Waals surface area contributed by atoms with E-state index in [1.165, 1.54) is 34.4 Å². The molecule has 200 valence electrons. The van der Waals surface area contributed by atoms with Gasteiger partial charge in [-0.1, -0.05) is 12.1 Å². The molecule has 2 aromatic carbocycles. The standard InChI is InChI=1S/C30H40N2O4S/c1-31(17-12-22-8-10-25(33-2)27(20-22)35-4)15-6-7-16-32-18-13-29-24(14-19-37-29)30(32)23-9-11-26(34-3)28(21-23)36-5/h8-11,14,19-21,30H,6-7,12-13,15-18H2,1-5H3. The number of ether oxygens (including phenoxy) is 4. The van der Waals surface area contributed by atoms with Crippen LogP contribution in [0.4, 0.5) is 0 Å². The third-order valence-corrected chi connectivity index (χ3v) is 8.25. The van der Waals surface area contributed by atoms with Crippen LogP contribution in [0, 0.1) is 0 Å². The highest BCUT2D eigenvalue weighted by atomic mass is 32.1. The molecule has 0 spiro atoms. The van der Waals surface area contributed by atoms with Crippen LogP contribution >= 0.6 is 11.3 Å². The van der Waals surface area contributed by atoms with Crippen LogP contribution in [0.25, 0.3) is 0 Å². The van der Waals surface area contributed by atoms with Crippen LogP contribution in [0.5, 0.6) is 23.0 Å². The van der Waals surface area contributed by atoms with Crippen LogP contribution < -0.4 is 18.9 Å². The van der Waals surface area contributed by atoms with Crippen molar-refractivity contribution in [2.75, 3.05) is 61.7 Å². The lowest BCUT2D eigenvalue weighted by Gasteiger charge is -2.36. The fraction of sp³-hybridized carbons (Fsp3) is 0.467. The zero-order valence-electron chi connectivity index (χ0n) is 22.8. The van der Waals surface area contributed by atoms with Gasteiger partial charge in [-0.05, 0) is 98.2 Å². The fourth-order valence-corrected chi connectivity index (χ4v) is 6.09. The smallest absolute Gasteiger partial charge is 0.161 e. The number of rotatable bonds is 13. The van der Waals surface area contributed by atoms with Gasteiger partial charge in [0.15, 0.2) is 23.0 Å². The first-order valence-corrected chi connectivity index (χ1v) is 13.9. The van der Waals surface area contributed by atoms with Gasteiger partial charge >= 0.3 is 0 Å². The van der Waals surface area contributed by atoms with E-state index in [4.69, 9.17) is 18.9 Å². The second-order valence-electron chi connectivity index (χ2n) is 9.55. The molecule has 37 heavy (non-hydrogen) atoms. The van der Waals surface area contributed by atoms with Crippen LogP contribution in [-0.2, 0) is 12.8 Å². The van der Waals surface area contributed by atoms with Crippen LogP contribution in [-0.4, -0.2) is 71.5 Å². The average Bonchev–Trinajstić information content (AvgIpc) is 3.42. The van der Waals surface area contributed by atoms with Crippen molar-refractivity contribution in [1.82, 2.24) is 9.80 Å². The highest BCUT2D eigenvalue weighted by molar-refractivity contribution is 7.10. The van der Waals surface area contributed by atoms with Gasteiger partial charge in [0, 0.05) is 18.0 Å². The summed E-state index contributed by atoms with van der Waals surface area (Å²) in [6.07, 6.45) is 4.46. The van der Waals surface area contributed by atoms with E-state index in [1.807, 2.05) is 23.5 Å². The summed E-state index contributed by atoms with van der Waals surface area (Å²) in [7, 11) is 8.96. The van der Waals surface area contributed by atoms with Crippen LogP contribution in [0.1, 0.15) is 40.5 Å². The fourth-order valence-electron chi connectivity index (χ4n) is 5.19. The van der Waals surface area contributed by atoms with Gasteiger partial charge in [-0.25, -0.2) is 0 Å². The van der Waals surface area contributed by atoms with Gasteiger partial charge < -0.3 is 23.8 Å². The molecule has 6 nitrogen and oxygen atoms in total. The molecule has 0 N–H and O–H groups in total. The molecule has 0 saturated carbocycles. The highest BCUT2D eigenvalue weighted by Crippen LogP contribution is 2.40. The van der Waals surface area contributed by atoms with E-state index < -0.39 is 0 Å². The lowest BCUT2D eigenvalue weighted by atomic mass is 9.92. The van der Waals surface area contributed by atoms with E-state index in [1.54, 1.807) is 28.4 Å². The summed E-state index contributed by atoms with van der Waals surface area (Å²) in [6, 6.07) is 15.1. The molecule has 0 bridgehead atoms. The second kappa shape index (κ2) is 13.2. The first-order chi connectivity index (χ1) is 18.1. The van der Waals surface area contributed by atoms with Gasteiger partial charge in [-0.2, -0.15) is 0 Å². The van der Waals surface area contributed by atoms with Crippen LogP contribution in [0.2, 0.25) is 0 Å². The molecule has 4 rings (SSSR count). The monoisotopic (exact) mass is 524 g/mol. The lowest BCUT2D eigenvalue weighted by Crippen LogP contribution is -2.36. The average molecular weight is 525 g/mol. The van der Waals surface area contributed by atoms with E-state index in [-0.39, 0.29) is 6.04 Å². The molecule has 0 fully saturated rings. The second-order valence-corrected chi connectivity index (χ2v) is 10.6. The molecule has 1 unspecified atom stereocenters. The van der Waals surface area contributed by atoms with Crippen molar-refractivity contribution >= 4 is 11.3 Å². The summed E-state index contributed by atoms with van der Waals surface area (Å²) in [4.78, 5) is 6.57. The van der Waals surface area contributed by atoms with Gasteiger partial charge in [-0.15, -0.1) is 11.3 Å². The van der Waals surface area contributed by atoms with Gasteiger partial charge in [-0.3, -0.25) is 4.90 Å². The molecule has 0 radical (unpaired) electrons. The first-order valence-electron chi connectivity index (χ1n) is 13.0. The van der Waals surface area contributed by atoms with Crippen LogP contribution in [0.3, 0.4) is 0 Å². The zero-order valence-corrected chi connectivity index (χ0v) is 23.6. The minimum atomic E-state index is 0.262. The number of hydrogen-bond donors (Lipinski definition) is 0. The number of likely N-dealkylation sites (N-methyl/N-ethyl adjacent to an activating group) is 1. The predicted octanol–water partition coefficient (Wildman–Crippen LogP) is 5.68. The maximum Gasteiger partial charge on any atom is 0.161 e. The summed E-state index contributed by atoms with van der Waals surface area (Å²) < 4.78 is 21.9. The maximum atomic E-state index is 5.62. The molecular weight excluding hydrogens is 484 g/mol. The summed E-state index contributed by atoms with van der Waals surface area (Å²) in [5.41, 5.74) is 3.97. The number of nitrogens with zero attached hydrogens (tertiary/aromatic N) is 2.